The van der Waals surface area contributed by atoms with Crippen molar-refractivity contribution in [2.45, 2.75) is 25.2 Å². The topological polar surface area (TPSA) is 3.24 Å². The number of aryl methyl sites for hydroxylation is 1. The molecule has 7 heteroatoms. The van der Waals surface area contributed by atoms with Gasteiger partial charge in [0.15, 0.2) is 0 Å². The van der Waals surface area contributed by atoms with Crippen LogP contribution in [0.4, 0.5) is 26.3 Å². The molecule has 0 aromatic heterocycles. The van der Waals surface area contributed by atoms with Crippen molar-refractivity contribution >= 4 is 0 Å². The van der Waals surface area contributed by atoms with Crippen LogP contribution in [0.15, 0.2) is 18.2 Å². The molecule has 114 valence electrons. The first-order valence-corrected chi connectivity index (χ1v) is 5.94. The quantitative estimate of drug-likeness (QED) is 0.752. The van der Waals surface area contributed by atoms with Crippen molar-refractivity contribution in [3.05, 3.63) is 34.9 Å². The summed E-state index contributed by atoms with van der Waals surface area (Å²) in [6.45, 7) is 0.568. The number of rotatable bonds is 4. The van der Waals surface area contributed by atoms with E-state index in [1.165, 1.54) is 0 Å². The molecule has 0 spiro atoms. The Balaban J connectivity index is 3.05. The van der Waals surface area contributed by atoms with E-state index in [4.69, 9.17) is 0 Å². The van der Waals surface area contributed by atoms with E-state index in [0.717, 1.165) is 6.07 Å². The Hall–Kier alpha value is -1.24. The number of hydrogen-bond acceptors (Lipinski definition) is 1. The molecule has 1 nitrogen and oxygen atoms in total. The Morgan fingerprint density at radius 3 is 2.00 bits per heavy atom. The fraction of sp³-hybridized carbons (Fsp3) is 0.538. The summed E-state index contributed by atoms with van der Waals surface area (Å²) in [6.07, 6.45) is -9.02. The van der Waals surface area contributed by atoms with E-state index in [1.54, 1.807) is 19.0 Å². The molecule has 0 saturated carbocycles. The first kappa shape index (κ1) is 16.8. The molecule has 1 aromatic carbocycles. The Bertz CT molecular complexity index is 447. The number of benzene rings is 1. The molecule has 0 saturated heterocycles. The molecule has 0 atom stereocenters. The summed E-state index contributed by atoms with van der Waals surface area (Å²) in [4.78, 5) is 1.80. The molecule has 0 radical (unpaired) electrons. The predicted molar refractivity (Wildman–Crippen MR) is 63.3 cm³/mol. The SMILES string of the molecule is CN(C)CCCc1ccc(C(F)(F)F)cc1C(F)(F)F. The van der Waals surface area contributed by atoms with Gasteiger partial charge in [-0.05, 0) is 51.2 Å². The van der Waals surface area contributed by atoms with E-state index in [9.17, 15) is 26.3 Å². The molecular formula is C13H15F6N. The highest BCUT2D eigenvalue weighted by Gasteiger charge is 2.37. The number of hydrogen-bond donors (Lipinski definition) is 0. The van der Waals surface area contributed by atoms with E-state index in [-0.39, 0.29) is 18.1 Å². The lowest BCUT2D eigenvalue weighted by atomic mass is 9.99. The molecule has 0 amide bonds. The lowest BCUT2D eigenvalue weighted by molar-refractivity contribution is -0.143. The zero-order chi connectivity index (χ0) is 15.6. The van der Waals surface area contributed by atoms with Gasteiger partial charge < -0.3 is 4.90 Å². The molecule has 0 unspecified atom stereocenters. The Morgan fingerprint density at radius 1 is 0.950 bits per heavy atom. The minimum absolute atomic E-state index is 0.0885. The summed E-state index contributed by atoms with van der Waals surface area (Å²) in [5.74, 6) is 0. The number of halogens is 6. The van der Waals surface area contributed by atoms with Crippen LogP contribution in [-0.4, -0.2) is 25.5 Å². The van der Waals surface area contributed by atoms with Crippen LogP contribution in [0.2, 0.25) is 0 Å². The predicted octanol–water partition coefficient (Wildman–Crippen LogP) is 4.22. The Morgan fingerprint density at radius 2 is 1.55 bits per heavy atom. The van der Waals surface area contributed by atoms with Gasteiger partial charge in [-0.3, -0.25) is 0 Å². The average Bonchev–Trinajstić information content (AvgIpc) is 2.25. The molecule has 0 aliphatic rings. The lowest BCUT2D eigenvalue weighted by Crippen LogP contribution is -2.16. The number of nitrogens with zero attached hydrogens (tertiary/aromatic N) is 1. The minimum atomic E-state index is -4.78. The average molecular weight is 299 g/mol. The molecule has 0 aliphatic heterocycles. The van der Waals surface area contributed by atoms with Crippen molar-refractivity contribution in [2.75, 3.05) is 20.6 Å². The third-order valence-corrected chi connectivity index (χ3v) is 2.79. The summed E-state index contributed by atoms with van der Waals surface area (Å²) in [5.41, 5.74) is -2.58. The first-order chi connectivity index (χ1) is 9.01. The second-order valence-corrected chi connectivity index (χ2v) is 4.77. The van der Waals surface area contributed by atoms with Gasteiger partial charge in [-0.1, -0.05) is 6.07 Å². The van der Waals surface area contributed by atoms with Crippen molar-refractivity contribution in [2.24, 2.45) is 0 Å². The van der Waals surface area contributed by atoms with Gasteiger partial charge in [0, 0.05) is 0 Å². The van der Waals surface area contributed by atoms with Gasteiger partial charge >= 0.3 is 12.4 Å². The van der Waals surface area contributed by atoms with Gasteiger partial charge in [-0.15, -0.1) is 0 Å². The Labute approximate surface area is 113 Å². The van der Waals surface area contributed by atoms with Crippen LogP contribution < -0.4 is 0 Å². The normalized spacial score (nSPS) is 13.1. The van der Waals surface area contributed by atoms with Gasteiger partial charge in [0.05, 0.1) is 11.1 Å². The molecule has 1 aromatic rings. The monoisotopic (exact) mass is 299 g/mol. The van der Waals surface area contributed by atoms with Crippen LogP contribution in [-0.2, 0) is 18.8 Å². The van der Waals surface area contributed by atoms with Crippen molar-refractivity contribution in [3.8, 4) is 0 Å². The van der Waals surface area contributed by atoms with Crippen LogP contribution in [0, 0.1) is 0 Å². The van der Waals surface area contributed by atoms with Crippen LogP contribution in [0.5, 0.6) is 0 Å². The largest absolute Gasteiger partial charge is 0.416 e. The van der Waals surface area contributed by atoms with Crippen LogP contribution in [0.3, 0.4) is 0 Å². The summed E-state index contributed by atoms with van der Waals surface area (Å²) in [7, 11) is 3.55. The van der Waals surface area contributed by atoms with Gasteiger partial charge in [0.1, 0.15) is 0 Å². The van der Waals surface area contributed by atoms with E-state index in [1.807, 2.05) is 0 Å². The first-order valence-electron chi connectivity index (χ1n) is 5.94. The molecule has 0 heterocycles. The fourth-order valence-electron chi connectivity index (χ4n) is 1.82. The maximum Gasteiger partial charge on any atom is 0.416 e. The van der Waals surface area contributed by atoms with Crippen LogP contribution >= 0.6 is 0 Å². The fourth-order valence-corrected chi connectivity index (χ4v) is 1.82. The summed E-state index contributed by atoms with van der Waals surface area (Å²) in [6, 6.07) is 1.80. The van der Waals surface area contributed by atoms with E-state index in [0.29, 0.717) is 19.0 Å². The highest BCUT2D eigenvalue weighted by molar-refractivity contribution is 5.35. The maximum atomic E-state index is 12.8. The zero-order valence-corrected chi connectivity index (χ0v) is 11.1. The summed E-state index contributed by atoms with van der Waals surface area (Å²) < 4.78 is 75.9. The second kappa shape index (κ2) is 6.03. The molecule has 0 fully saturated rings. The van der Waals surface area contributed by atoms with E-state index >= 15 is 0 Å². The van der Waals surface area contributed by atoms with Crippen LogP contribution in [0.1, 0.15) is 23.1 Å². The highest BCUT2D eigenvalue weighted by Crippen LogP contribution is 2.37. The van der Waals surface area contributed by atoms with Crippen molar-refractivity contribution in [3.63, 3.8) is 0 Å². The third kappa shape index (κ3) is 4.70. The standard InChI is InChI=1S/C13H15F6N/c1-20(2)7-3-4-9-5-6-10(12(14,15)16)8-11(9)13(17,18)19/h5-6,8H,3-4,7H2,1-2H3. The van der Waals surface area contributed by atoms with Crippen molar-refractivity contribution in [1.82, 2.24) is 4.90 Å². The smallest absolute Gasteiger partial charge is 0.309 e. The van der Waals surface area contributed by atoms with Crippen molar-refractivity contribution in [1.29, 1.82) is 0 Å². The molecule has 0 aliphatic carbocycles. The van der Waals surface area contributed by atoms with Crippen molar-refractivity contribution < 1.29 is 26.3 Å². The summed E-state index contributed by atoms with van der Waals surface area (Å²) >= 11 is 0. The van der Waals surface area contributed by atoms with Gasteiger partial charge in [0.25, 0.3) is 0 Å². The second-order valence-electron chi connectivity index (χ2n) is 4.77. The molecule has 0 N–H and O–H groups in total. The maximum absolute atomic E-state index is 12.8. The third-order valence-electron chi connectivity index (χ3n) is 2.79. The molecule has 0 bridgehead atoms. The van der Waals surface area contributed by atoms with E-state index < -0.39 is 23.5 Å². The molecule has 1 rings (SSSR count). The Kier molecular flexibility index (Phi) is 5.07. The lowest BCUT2D eigenvalue weighted by Gasteiger charge is -2.16. The van der Waals surface area contributed by atoms with Gasteiger partial charge in [-0.25, -0.2) is 0 Å². The van der Waals surface area contributed by atoms with Gasteiger partial charge in [-0.2, -0.15) is 26.3 Å². The van der Waals surface area contributed by atoms with E-state index in [2.05, 4.69) is 0 Å². The zero-order valence-electron chi connectivity index (χ0n) is 11.1. The number of alkyl halides is 6. The highest BCUT2D eigenvalue weighted by atomic mass is 19.4. The summed E-state index contributed by atoms with van der Waals surface area (Å²) in [5, 5.41) is 0. The molecular weight excluding hydrogens is 284 g/mol. The minimum Gasteiger partial charge on any atom is -0.309 e. The van der Waals surface area contributed by atoms with Crippen LogP contribution in [0.25, 0.3) is 0 Å². The molecule has 20 heavy (non-hydrogen) atoms. The van der Waals surface area contributed by atoms with Gasteiger partial charge in [0.2, 0.25) is 0 Å².